The van der Waals surface area contributed by atoms with Gasteiger partial charge in [-0.25, -0.2) is 4.79 Å². The highest BCUT2D eigenvalue weighted by Gasteiger charge is 2.20. The molecule has 0 atom stereocenters. The first-order valence-electron chi connectivity index (χ1n) is 10.4. The van der Waals surface area contributed by atoms with Crippen molar-refractivity contribution in [2.45, 2.75) is 19.9 Å². The molecule has 3 aromatic rings. The van der Waals surface area contributed by atoms with Crippen LogP contribution in [0.5, 0.6) is 0 Å². The summed E-state index contributed by atoms with van der Waals surface area (Å²) in [5.74, 6) is 0.0184. The Hall–Kier alpha value is -3.63. The molecule has 1 saturated heterocycles. The van der Waals surface area contributed by atoms with Crippen LogP contribution < -0.4 is 5.69 Å². The molecule has 2 heterocycles. The largest absolute Gasteiger partial charge is 0.337 e. The van der Waals surface area contributed by atoms with E-state index in [2.05, 4.69) is 16.0 Å². The average Bonchev–Trinajstić information content (AvgIpc) is 2.98. The second kappa shape index (κ2) is 9.02. The third-order valence-corrected chi connectivity index (χ3v) is 5.70. The molecule has 1 aliphatic rings. The van der Waals surface area contributed by atoms with Gasteiger partial charge >= 0.3 is 5.69 Å². The number of aryl methyl sites for hydroxylation is 1. The molecule has 31 heavy (non-hydrogen) atoms. The summed E-state index contributed by atoms with van der Waals surface area (Å²) in [4.78, 5) is 31.9. The molecule has 1 N–H and O–H groups in total. The minimum Gasteiger partial charge on any atom is -0.337 e. The lowest BCUT2D eigenvalue weighted by atomic mass is 10.1. The van der Waals surface area contributed by atoms with E-state index >= 15 is 0 Å². The molecular formula is C24H25N5O2. The highest BCUT2D eigenvalue weighted by Crippen LogP contribution is 2.15. The van der Waals surface area contributed by atoms with Crippen LogP contribution in [0.2, 0.25) is 0 Å². The maximum absolute atomic E-state index is 13.0. The van der Waals surface area contributed by atoms with Crippen LogP contribution in [-0.2, 0) is 6.54 Å². The topological polar surface area (TPSA) is 85.1 Å². The van der Waals surface area contributed by atoms with E-state index in [9.17, 15) is 9.59 Å². The van der Waals surface area contributed by atoms with Crippen LogP contribution in [0.25, 0.3) is 5.69 Å². The Balaban J connectivity index is 1.39. The number of aromatic nitrogens is 2. The van der Waals surface area contributed by atoms with Gasteiger partial charge in [0.25, 0.3) is 5.91 Å². The van der Waals surface area contributed by atoms with Gasteiger partial charge < -0.3 is 9.88 Å². The highest BCUT2D eigenvalue weighted by atomic mass is 16.2. The summed E-state index contributed by atoms with van der Waals surface area (Å²) in [5.41, 5.74) is 3.84. The lowest BCUT2D eigenvalue weighted by Crippen LogP contribution is -2.35. The monoisotopic (exact) mass is 415 g/mol. The summed E-state index contributed by atoms with van der Waals surface area (Å²) in [6.07, 6.45) is 2.58. The molecule has 7 heteroatoms. The number of hydrogen-bond acceptors (Lipinski definition) is 4. The Kier molecular flexibility index (Phi) is 6.01. The quantitative estimate of drug-likeness (QED) is 0.710. The van der Waals surface area contributed by atoms with Crippen molar-refractivity contribution < 1.29 is 4.79 Å². The van der Waals surface area contributed by atoms with Crippen LogP contribution in [0.15, 0.2) is 59.5 Å². The van der Waals surface area contributed by atoms with Gasteiger partial charge in [-0.2, -0.15) is 5.26 Å². The second-order valence-corrected chi connectivity index (χ2v) is 7.85. The van der Waals surface area contributed by atoms with E-state index in [1.54, 1.807) is 22.9 Å². The average molecular weight is 415 g/mol. The molecule has 0 saturated carbocycles. The predicted molar refractivity (Wildman–Crippen MR) is 118 cm³/mol. The molecule has 4 rings (SSSR count). The van der Waals surface area contributed by atoms with E-state index in [-0.39, 0.29) is 11.6 Å². The van der Waals surface area contributed by atoms with Gasteiger partial charge in [-0.1, -0.05) is 12.1 Å². The number of nitrogens with one attached hydrogen (secondary N) is 1. The molecule has 1 aromatic heterocycles. The highest BCUT2D eigenvalue weighted by molar-refractivity contribution is 5.94. The molecule has 1 fully saturated rings. The fourth-order valence-corrected chi connectivity index (χ4v) is 3.99. The Labute approximate surface area is 181 Å². The van der Waals surface area contributed by atoms with Crippen molar-refractivity contribution in [3.8, 4) is 11.8 Å². The SMILES string of the molecule is Cc1c[nH]c(=O)n1-c1ccc(C(=O)N2CCCN(Cc3ccc(C#N)cc3)CC2)cc1. The van der Waals surface area contributed by atoms with Gasteiger partial charge in [0.05, 0.1) is 17.3 Å². The van der Waals surface area contributed by atoms with E-state index in [0.717, 1.165) is 44.0 Å². The zero-order valence-electron chi connectivity index (χ0n) is 17.5. The van der Waals surface area contributed by atoms with Crippen molar-refractivity contribution >= 4 is 5.91 Å². The molecule has 1 amide bonds. The second-order valence-electron chi connectivity index (χ2n) is 7.85. The first-order valence-corrected chi connectivity index (χ1v) is 10.4. The van der Waals surface area contributed by atoms with E-state index in [1.807, 2.05) is 48.2 Å². The van der Waals surface area contributed by atoms with Crippen molar-refractivity contribution in [1.29, 1.82) is 5.26 Å². The summed E-state index contributed by atoms with van der Waals surface area (Å²) in [5, 5.41) is 8.94. The van der Waals surface area contributed by atoms with Gasteiger partial charge in [-0.3, -0.25) is 14.3 Å². The third kappa shape index (κ3) is 4.60. The molecule has 0 bridgehead atoms. The van der Waals surface area contributed by atoms with Crippen LogP contribution in [0.1, 0.15) is 33.6 Å². The number of amides is 1. The maximum atomic E-state index is 13.0. The fraction of sp³-hybridized carbons (Fsp3) is 0.292. The number of hydrogen-bond donors (Lipinski definition) is 1. The molecule has 7 nitrogen and oxygen atoms in total. The van der Waals surface area contributed by atoms with Gasteiger partial charge in [0.15, 0.2) is 0 Å². The smallest absolute Gasteiger partial charge is 0.330 e. The van der Waals surface area contributed by atoms with Crippen LogP contribution >= 0.6 is 0 Å². The Morgan fingerprint density at radius 1 is 1.03 bits per heavy atom. The minimum absolute atomic E-state index is 0.0184. The standard InChI is InChI=1S/C24H25N5O2/c1-18-16-26-24(31)29(18)22-9-7-21(8-10-22)23(30)28-12-2-11-27(13-14-28)17-20-5-3-19(15-25)4-6-20/h3-10,16H,2,11-14,17H2,1H3,(H,26,31). The molecule has 158 valence electrons. The normalized spacial score (nSPS) is 14.8. The van der Waals surface area contributed by atoms with Crippen LogP contribution in [0.4, 0.5) is 0 Å². The maximum Gasteiger partial charge on any atom is 0.330 e. The Morgan fingerprint density at radius 3 is 2.42 bits per heavy atom. The van der Waals surface area contributed by atoms with E-state index in [0.29, 0.717) is 17.7 Å². The number of H-pyrrole nitrogens is 1. The van der Waals surface area contributed by atoms with Crippen molar-refractivity contribution in [3.63, 3.8) is 0 Å². The zero-order chi connectivity index (χ0) is 21.8. The molecular weight excluding hydrogens is 390 g/mol. The number of nitriles is 1. The zero-order valence-corrected chi connectivity index (χ0v) is 17.5. The molecule has 0 radical (unpaired) electrons. The number of rotatable bonds is 4. The lowest BCUT2D eigenvalue weighted by molar-refractivity contribution is 0.0761. The number of benzene rings is 2. The van der Waals surface area contributed by atoms with E-state index in [4.69, 9.17) is 5.26 Å². The number of carbonyl (C=O) groups is 1. The van der Waals surface area contributed by atoms with Gasteiger partial charge in [0, 0.05) is 50.2 Å². The number of imidazole rings is 1. The van der Waals surface area contributed by atoms with Gasteiger partial charge in [-0.15, -0.1) is 0 Å². The number of nitrogens with zero attached hydrogens (tertiary/aromatic N) is 4. The first-order chi connectivity index (χ1) is 15.0. The predicted octanol–water partition coefficient (Wildman–Crippen LogP) is 2.69. The number of aromatic amines is 1. The van der Waals surface area contributed by atoms with Crippen molar-refractivity contribution in [2.24, 2.45) is 0 Å². The van der Waals surface area contributed by atoms with Gasteiger partial charge in [0.2, 0.25) is 0 Å². The Bertz CT molecular complexity index is 1150. The van der Waals surface area contributed by atoms with Crippen molar-refractivity contribution in [1.82, 2.24) is 19.4 Å². The first kappa shape index (κ1) is 20.6. The lowest BCUT2D eigenvalue weighted by Gasteiger charge is -2.22. The summed E-state index contributed by atoms with van der Waals surface area (Å²) in [7, 11) is 0. The van der Waals surface area contributed by atoms with Crippen molar-refractivity contribution in [2.75, 3.05) is 26.2 Å². The minimum atomic E-state index is -0.188. The number of carbonyl (C=O) groups excluding carboxylic acids is 1. The summed E-state index contributed by atoms with van der Waals surface area (Å²) in [6.45, 7) is 5.80. The summed E-state index contributed by atoms with van der Waals surface area (Å²) < 4.78 is 1.58. The molecule has 1 aliphatic heterocycles. The van der Waals surface area contributed by atoms with Crippen LogP contribution in [0, 0.1) is 18.3 Å². The van der Waals surface area contributed by atoms with Crippen LogP contribution in [0.3, 0.4) is 0 Å². The van der Waals surface area contributed by atoms with Crippen LogP contribution in [-0.4, -0.2) is 51.4 Å². The van der Waals surface area contributed by atoms with Crippen molar-refractivity contribution in [3.05, 3.63) is 87.6 Å². The van der Waals surface area contributed by atoms with E-state index in [1.165, 1.54) is 5.56 Å². The molecule has 0 unspecified atom stereocenters. The third-order valence-electron chi connectivity index (χ3n) is 5.70. The summed E-state index contributed by atoms with van der Waals surface area (Å²) >= 11 is 0. The summed E-state index contributed by atoms with van der Waals surface area (Å²) in [6, 6.07) is 17.0. The van der Waals surface area contributed by atoms with Gasteiger partial charge in [-0.05, 0) is 55.3 Å². The molecule has 0 aliphatic carbocycles. The molecule has 0 spiro atoms. The Morgan fingerprint density at radius 2 is 1.77 bits per heavy atom. The van der Waals surface area contributed by atoms with E-state index < -0.39 is 0 Å². The van der Waals surface area contributed by atoms with Gasteiger partial charge in [0.1, 0.15) is 0 Å². The molecule has 2 aromatic carbocycles. The fourth-order valence-electron chi connectivity index (χ4n) is 3.99.